The van der Waals surface area contributed by atoms with Crippen LogP contribution < -0.4 is 5.32 Å². The van der Waals surface area contributed by atoms with Gasteiger partial charge in [0.2, 0.25) is 0 Å². The van der Waals surface area contributed by atoms with Crippen molar-refractivity contribution in [2.24, 2.45) is 5.92 Å². The Balaban J connectivity index is 2.25. The zero-order valence-corrected chi connectivity index (χ0v) is 12.9. The van der Waals surface area contributed by atoms with Gasteiger partial charge in [0.15, 0.2) is 0 Å². The molecule has 0 aliphatic carbocycles. The van der Waals surface area contributed by atoms with E-state index in [1.165, 1.54) is 5.56 Å². The summed E-state index contributed by atoms with van der Waals surface area (Å²) < 4.78 is 6.42. The van der Waals surface area contributed by atoms with Gasteiger partial charge in [-0.2, -0.15) is 0 Å². The fourth-order valence-electron chi connectivity index (χ4n) is 2.56. The van der Waals surface area contributed by atoms with Crippen molar-refractivity contribution in [3.8, 4) is 0 Å². The first-order valence-electron chi connectivity index (χ1n) is 6.49. The largest absolute Gasteiger partial charge is 0.381 e. The number of nitrogens with one attached hydrogen (secondary N) is 1. The minimum absolute atomic E-state index is 0.323. The molecule has 4 heteroatoms. The van der Waals surface area contributed by atoms with Gasteiger partial charge in [-0.25, -0.2) is 0 Å². The van der Waals surface area contributed by atoms with E-state index in [9.17, 15) is 0 Å². The van der Waals surface area contributed by atoms with Gasteiger partial charge in [0.1, 0.15) is 0 Å². The zero-order chi connectivity index (χ0) is 13.0. The Morgan fingerprint density at radius 2 is 2.17 bits per heavy atom. The standard InChI is InChI=1S/C14H19BrClNO/c1-2-17-14(10-6-8-18-9-7-10)11-4-3-5-12(15)13(11)16/h3-5,10,14,17H,2,6-9H2,1H3. The maximum atomic E-state index is 6.42. The molecule has 0 bridgehead atoms. The Bertz CT molecular complexity index is 393. The van der Waals surface area contributed by atoms with Crippen LogP contribution in [0.25, 0.3) is 0 Å². The lowest BCUT2D eigenvalue weighted by Crippen LogP contribution is -2.32. The molecule has 1 aromatic carbocycles. The van der Waals surface area contributed by atoms with E-state index in [0.717, 1.165) is 42.1 Å². The SMILES string of the molecule is CCNC(c1cccc(Br)c1Cl)C1CCOCC1. The van der Waals surface area contributed by atoms with Gasteiger partial charge < -0.3 is 10.1 Å². The van der Waals surface area contributed by atoms with Gasteiger partial charge in [0, 0.05) is 23.7 Å². The Morgan fingerprint density at radius 1 is 1.44 bits per heavy atom. The summed E-state index contributed by atoms with van der Waals surface area (Å²) in [6, 6.07) is 6.48. The quantitative estimate of drug-likeness (QED) is 0.893. The molecule has 1 aliphatic rings. The van der Waals surface area contributed by atoms with Crippen molar-refractivity contribution in [3.63, 3.8) is 0 Å². The lowest BCUT2D eigenvalue weighted by Gasteiger charge is -2.32. The first-order chi connectivity index (χ1) is 8.74. The molecule has 1 unspecified atom stereocenters. The minimum atomic E-state index is 0.323. The van der Waals surface area contributed by atoms with Crippen molar-refractivity contribution in [2.45, 2.75) is 25.8 Å². The monoisotopic (exact) mass is 331 g/mol. The summed E-state index contributed by atoms with van der Waals surface area (Å²) in [7, 11) is 0. The van der Waals surface area contributed by atoms with E-state index in [-0.39, 0.29) is 0 Å². The Labute approximate surface area is 122 Å². The first kappa shape index (κ1) is 14.3. The van der Waals surface area contributed by atoms with Crippen LogP contribution in [0.15, 0.2) is 22.7 Å². The summed E-state index contributed by atoms with van der Waals surface area (Å²) in [6.07, 6.45) is 2.20. The van der Waals surface area contributed by atoms with Gasteiger partial charge in [-0.1, -0.05) is 30.7 Å². The van der Waals surface area contributed by atoms with Crippen LogP contribution in [0.2, 0.25) is 5.02 Å². The molecule has 18 heavy (non-hydrogen) atoms. The molecule has 0 amide bonds. The van der Waals surface area contributed by atoms with Gasteiger partial charge in [-0.3, -0.25) is 0 Å². The average molecular weight is 333 g/mol. The molecule has 1 aliphatic heterocycles. The predicted molar refractivity (Wildman–Crippen MR) is 79.1 cm³/mol. The van der Waals surface area contributed by atoms with E-state index >= 15 is 0 Å². The molecule has 0 saturated carbocycles. The van der Waals surface area contributed by atoms with Gasteiger partial charge in [-0.15, -0.1) is 0 Å². The predicted octanol–water partition coefficient (Wildman–Crippen LogP) is 4.18. The molecule has 0 aromatic heterocycles. The van der Waals surface area contributed by atoms with Gasteiger partial charge in [-0.05, 0) is 52.9 Å². The normalized spacial score (nSPS) is 18.8. The minimum Gasteiger partial charge on any atom is -0.381 e. The lowest BCUT2D eigenvalue weighted by molar-refractivity contribution is 0.0538. The molecule has 0 radical (unpaired) electrons. The van der Waals surface area contributed by atoms with Crippen molar-refractivity contribution < 1.29 is 4.74 Å². The maximum Gasteiger partial charge on any atom is 0.0595 e. The summed E-state index contributed by atoms with van der Waals surface area (Å²) in [5.41, 5.74) is 1.19. The molecule has 1 N–H and O–H groups in total. The summed E-state index contributed by atoms with van der Waals surface area (Å²) in [4.78, 5) is 0. The summed E-state index contributed by atoms with van der Waals surface area (Å²) in [5.74, 6) is 0.602. The molecular weight excluding hydrogens is 314 g/mol. The molecule has 100 valence electrons. The van der Waals surface area contributed by atoms with Crippen molar-refractivity contribution >= 4 is 27.5 Å². The maximum absolute atomic E-state index is 6.42. The van der Waals surface area contributed by atoms with Crippen LogP contribution >= 0.6 is 27.5 Å². The second-order valence-corrected chi connectivity index (χ2v) is 5.86. The van der Waals surface area contributed by atoms with E-state index < -0.39 is 0 Å². The van der Waals surface area contributed by atoms with E-state index in [1.807, 2.05) is 6.07 Å². The van der Waals surface area contributed by atoms with Crippen molar-refractivity contribution in [1.82, 2.24) is 5.32 Å². The second kappa shape index (κ2) is 6.90. The lowest BCUT2D eigenvalue weighted by atomic mass is 9.87. The molecule has 2 rings (SSSR count). The highest BCUT2D eigenvalue weighted by Gasteiger charge is 2.26. The highest BCUT2D eigenvalue weighted by atomic mass is 79.9. The van der Waals surface area contributed by atoms with Crippen LogP contribution in [-0.2, 0) is 4.74 Å². The number of halogens is 2. The molecule has 2 nitrogen and oxygen atoms in total. The topological polar surface area (TPSA) is 21.3 Å². The van der Waals surface area contributed by atoms with Crippen LogP contribution in [0.1, 0.15) is 31.4 Å². The van der Waals surface area contributed by atoms with Crippen molar-refractivity contribution in [2.75, 3.05) is 19.8 Å². The van der Waals surface area contributed by atoms with Crippen LogP contribution in [0, 0.1) is 5.92 Å². The highest BCUT2D eigenvalue weighted by Crippen LogP contribution is 2.36. The summed E-state index contributed by atoms with van der Waals surface area (Å²) in [6.45, 7) is 4.81. The zero-order valence-electron chi connectivity index (χ0n) is 10.6. The van der Waals surface area contributed by atoms with E-state index in [1.54, 1.807) is 0 Å². The van der Waals surface area contributed by atoms with Gasteiger partial charge >= 0.3 is 0 Å². The fraction of sp³-hybridized carbons (Fsp3) is 0.571. The molecule has 1 heterocycles. The fourth-order valence-corrected chi connectivity index (χ4v) is 3.19. The van der Waals surface area contributed by atoms with Crippen molar-refractivity contribution in [1.29, 1.82) is 0 Å². The second-order valence-electron chi connectivity index (χ2n) is 4.63. The Hall–Kier alpha value is -0.0900. The summed E-state index contributed by atoms with van der Waals surface area (Å²) in [5, 5.41) is 4.40. The highest BCUT2D eigenvalue weighted by molar-refractivity contribution is 9.10. The number of benzene rings is 1. The average Bonchev–Trinajstić information content (AvgIpc) is 2.41. The van der Waals surface area contributed by atoms with E-state index in [0.29, 0.717) is 12.0 Å². The number of hydrogen-bond acceptors (Lipinski definition) is 2. The van der Waals surface area contributed by atoms with Crippen LogP contribution in [0.5, 0.6) is 0 Å². The first-order valence-corrected chi connectivity index (χ1v) is 7.66. The molecule has 1 saturated heterocycles. The van der Waals surface area contributed by atoms with Crippen LogP contribution in [-0.4, -0.2) is 19.8 Å². The van der Waals surface area contributed by atoms with Crippen LogP contribution in [0.4, 0.5) is 0 Å². The van der Waals surface area contributed by atoms with Gasteiger partial charge in [0.05, 0.1) is 5.02 Å². The molecule has 1 atom stereocenters. The van der Waals surface area contributed by atoms with E-state index in [2.05, 4.69) is 40.3 Å². The third-order valence-electron chi connectivity index (χ3n) is 3.48. The number of ether oxygens (including phenoxy) is 1. The molecular formula is C14H19BrClNO. The third kappa shape index (κ3) is 3.27. The molecule has 1 fully saturated rings. The van der Waals surface area contributed by atoms with Crippen LogP contribution in [0.3, 0.4) is 0 Å². The Kier molecular flexibility index (Phi) is 5.49. The van der Waals surface area contributed by atoms with E-state index in [4.69, 9.17) is 16.3 Å². The smallest absolute Gasteiger partial charge is 0.0595 e. The molecule has 0 spiro atoms. The summed E-state index contributed by atoms with van der Waals surface area (Å²) >= 11 is 9.93. The Morgan fingerprint density at radius 3 is 2.83 bits per heavy atom. The van der Waals surface area contributed by atoms with Gasteiger partial charge in [0.25, 0.3) is 0 Å². The van der Waals surface area contributed by atoms with Crippen molar-refractivity contribution in [3.05, 3.63) is 33.3 Å². The third-order valence-corrected chi connectivity index (χ3v) is 4.79. The number of hydrogen-bond donors (Lipinski definition) is 1. The molecule has 1 aromatic rings. The number of rotatable bonds is 4.